The Kier molecular flexibility index (Phi) is 3.61. The third-order valence-corrected chi connectivity index (χ3v) is 3.81. The number of nitrogens with two attached hydrogens (primary N) is 1. The molecule has 0 bridgehead atoms. The van der Waals surface area contributed by atoms with Gasteiger partial charge in [-0.25, -0.2) is 0 Å². The number of hydrogen-bond acceptors (Lipinski definition) is 3. The first kappa shape index (κ1) is 13.0. The number of ether oxygens (including phenoxy) is 1. The number of hydrogen-bond donors (Lipinski definition) is 1. The van der Waals surface area contributed by atoms with Gasteiger partial charge in [-0.3, -0.25) is 0 Å². The molecule has 3 nitrogen and oxygen atoms in total. The van der Waals surface area contributed by atoms with Crippen molar-refractivity contribution in [3.8, 4) is 5.75 Å². The first-order valence-corrected chi connectivity index (χ1v) is 7.06. The fourth-order valence-corrected chi connectivity index (χ4v) is 2.60. The van der Waals surface area contributed by atoms with Gasteiger partial charge in [0.15, 0.2) is 0 Å². The second-order valence-electron chi connectivity index (χ2n) is 5.18. The minimum absolute atomic E-state index is 0.569. The molecular weight excluding hydrogens is 248 g/mol. The van der Waals surface area contributed by atoms with Gasteiger partial charge in [0.1, 0.15) is 5.75 Å². The van der Waals surface area contributed by atoms with Gasteiger partial charge in [-0.15, -0.1) is 0 Å². The van der Waals surface area contributed by atoms with Gasteiger partial charge in [0.05, 0.1) is 6.61 Å². The lowest BCUT2D eigenvalue weighted by molar-refractivity contribution is 0.288. The summed E-state index contributed by atoms with van der Waals surface area (Å²) in [6.45, 7) is 1.40. The predicted molar refractivity (Wildman–Crippen MR) is 82.7 cm³/mol. The van der Waals surface area contributed by atoms with Crippen LogP contribution in [0.1, 0.15) is 17.5 Å². The van der Waals surface area contributed by atoms with Gasteiger partial charge in [-0.1, -0.05) is 12.1 Å². The molecule has 0 saturated carbocycles. The van der Waals surface area contributed by atoms with Gasteiger partial charge >= 0.3 is 0 Å². The summed E-state index contributed by atoms with van der Waals surface area (Å²) >= 11 is 0. The Morgan fingerprint density at radius 1 is 1.15 bits per heavy atom. The number of fused-ring (bicyclic) bond motifs is 1. The highest BCUT2D eigenvalue weighted by Crippen LogP contribution is 2.31. The third-order valence-electron chi connectivity index (χ3n) is 3.81. The molecular formula is C17H20N2O. The van der Waals surface area contributed by atoms with Crippen molar-refractivity contribution in [2.75, 3.05) is 18.6 Å². The molecule has 3 rings (SSSR count). The summed E-state index contributed by atoms with van der Waals surface area (Å²) in [5.41, 5.74) is 10.5. The molecule has 1 aliphatic rings. The molecule has 1 heterocycles. The molecule has 0 aliphatic carbocycles. The SMILES string of the molecule is CN(c1cccc(CN)c1)c1ccc2c(c1)CCCO2. The number of rotatable bonds is 3. The fourth-order valence-electron chi connectivity index (χ4n) is 2.60. The average Bonchev–Trinajstić information content (AvgIpc) is 2.53. The molecule has 0 fully saturated rings. The highest BCUT2D eigenvalue weighted by molar-refractivity contribution is 5.65. The van der Waals surface area contributed by atoms with Crippen LogP contribution >= 0.6 is 0 Å². The fraction of sp³-hybridized carbons (Fsp3) is 0.294. The van der Waals surface area contributed by atoms with E-state index in [9.17, 15) is 0 Å². The van der Waals surface area contributed by atoms with Crippen molar-refractivity contribution in [1.82, 2.24) is 0 Å². The Balaban J connectivity index is 1.91. The molecule has 1 aliphatic heterocycles. The maximum atomic E-state index is 5.71. The lowest BCUT2D eigenvalue weighted by atomic mass is 10.1. The summed E-state index contributed by atoms with van der Waals surface area (Å²) in [5.74, 6) is 1.03. The maximum absolute atomic E-state index is 5.71. The van der Waals surface area contributed by atoms with Gasteiger partial charge in [-0.2, -0.15) is 0 Å². The largest absolute Gasteiger partial charge is 0.493 e. The van der Waals surface area contributed by atoms with Crippen molar-refractivity contribution >= 4 is 11.4 Å². The molecule has 104 valence electrons. The lowest BCUT2D eigenvalue weighted by Crippen LogP contribution is -2.13. The van der Waals surface area contributed by atoms with E-state index in [0.717, 1.165) is 36.4 Å². The minimum Gasteiger partial charge on any atom is -0.493 e. The summed E-state index contributed by atoms with van der Waals surface area (Å²) in [7, 11) is 2.08. The minimum atomic E-state index is 0.569. The van der Waals surface area contributed by atoms with E-state index in [0.29, 0.717) is 6.54 Å². The van der Waals surface area contributed by atoms with E-state index in [4.69, 9.17) is 10.5 Å². The van der Waals surface area contributed by atoms with Crippen LogP contribution in [0.15, 0.2) is 42.5 Å². The quantitative estimate of drug-likeness (QED) is 0.928. The molecule has 0 atom stereocenters. The highest BCUT2D eigenvalue weighted by atomic mass is 16.5. The highest BCUT2D eigenvalue weighted by Gasteiger charge is 2.12. The summed E-state index contributed by atoms with van der Waals surface area (Å²) in [4.78, 5) is 2.19. The molecule has 3 heteroatoms. The van der Waals surface area contributed by atoms with Crippen LogP contribution in [0.4, 0.5) is 11.4 Å². The Labute approximate surface area is 120 Å². The van der Waals surface area contributed by atoms with E-state index in [2.05, 4.69) is 54.4 Å². The Morgan fingerprint density at radius 2 is 2.00 bits per heavy atom. The molecule has 2 aromatic rings. The van der Waals surface area contributed by atoms with Crippen LogP contribution in [0.5, 0.6) is 5.75 Å². The Bertz CT molecular complexity index is 610. The lowest BCUT2D eigenvalue weighted by Gasteiger charge is -2.23. The smallest absolute Gasteiger partial charge is 0.122 e. The zero-order chi connectivity index (χ0) is 13.9. The molecule has 0 amide bonds. The van der Waals surface area contributed by atoms with Crippen molar-refractivity contribution in [3.63, 3.8) is 0 Å². The Hall–Kier alpha value is -2.00. The van der Waals surface area contributed by atoms with Crippen LogP contribution in [-0.4, -0.2) is 13.7 Å². The standard InChI is InChI=1S/C17H20N2O/c1-19(15-6-2-4-13(10-15)12-18)16-7-8-17-14(11-16)5-3-9-20-17/h2,4,6-8,10-11H,3,5,9,12,18H2,1H3. The van der Waals surface area contributed by atoms with Crippen LogP contribution in [-0.2, 0) is 13.0 Å². The third kappa shape index (κ3) is 2.49. The molecule has 2 N–H and O–H groups in total. The topological polar surface area (TPSA) is 38.5 Å². The monoisotopic (exact) mass is 268 g/mol. The van der Waals surface area contributed by atoms with Gasteiger partial charge in [0.2, 0.25) is 0 Å². The van der Waals surface area contributed by atoms with Crippen LogP contribution in [0, 0.1) is 0 Å². The molecule has 2 aromatic carbocycles. The van der Waals surface area contributed by atoms with E-state index >= 15 is 0 Å². The van der Waals surface area contributed by atoms with Crippen molar-refractivity contribution in [2.45, 2.75) is 19.4 Å². The van der Waals surface area contributed by atoms with Crippen molar-refractivity contribution in [3.05, 3.63) is 53.6 Å². The zero-order valence-electron chi connectivity index (χ0n) is 11.8. The first-order chi connectivity index (χ1) is 9.78. The molecule has 0 unspecified atom stereocenters. The maximum Gasteiger partial charge on any atom is 0.122 e. The van der Waals surface area contributed by atoms with Crippen LogP contribution in [0.3, 0.4) is 0 Å². The van der Waals surface area contributed by atoms with E-state index in [1.807, 2.05) is 0 Å². The summed E-state index contributed by atoms with van der Waals surface area (Å²) in [6.07, 6.45) is 2.20. The molecule has 0 saturated heterocycles. The predicted octanol–water partition coefficient (Wildman–Crippen LogP) is 3.24. The second-order valence-corrected chi connectivity index (χ2v) is 5.18. The van der Waals surface area contributed by atoms with Crippen LogP contribution in [0.25, 0.3) is 0 Å². The summed E-state index contributed by atoms with van der Waals surface area (Å²) < 4.78 is 5.67. The van der Waals surface area contributed by atoms with E-state index in [-0.39, 0.29) is 0 Å². The van der Waals surface area contributed by atoms with Gasteiger partial charge < -0.3 is 15.4 Å². The number of anilines is 2. The Morgan fingerprint density at radius 3 is 2.85 bits per heavy atom. The van der Waals surface area contributed by atoms with Crippen molar-refractivity contribution < 1.29 is 4.74 Å². The molecule has 0 aromatic heterocycles. The summed E-state index contributed by atoms with van der Waals surface area (Å²) in [6, 6.07) is 14.8. The zero-order valence-corrected chi connectivity index (χ0v) is 11.8. The number of benzene rings is 2. The van der Waals surface area contributed by atoms with Crippen molar-refractivity contribution in [2.24, 2.45) is 5.73 Å². The van der Waals surface area contributed by atoms with Gasteiger partial charge in [0, 0.05) is 25.0 Å². The first-order valence-electron chi connectivity index (χ1n) is 7.06. The van der Waals surface area contributed by atoms with Crippen LogP contribution < -0.4 is 15.4 Å². The van der Waals surface area contributed by atoms with Crippen molar-refractivity contribution in [1.29, 1.82) is 0 Å². The van der Waals surface area contributed by atoms with Gasteiger partial charge in [0.25, 0.3) is 0 Å². The van der Waals surface area contributed by atoms with E-state index in [1.165, 1.54) is 11.3 Å². The molecule has 0 radical (unpaired) electrons. The van der Waals surface area contributed by atoms with Gasteiger partial charge in [-0.05, 0) is 54.3 Å². The molecule has 0 spiro atoms. The normalized spacial score (nSPS) is 13.5. The molecule has 20 heavy (non-hydrogen) atoms. The average molecular weight is 268 g/mol. The summed E-state index contributed by atoms with van der Waals surface area (Å²) in [5, 5.41) is 0. The number of nitrogens with zero attached hydrogens (tertiary/aromatic N) is 1. The number of aryl methyl sites for hydroxylation is 1. The van der Waals surface area contributed by atoms with E-state index < -0.39 is 0 Å². The van der Waals surface area contributed by atoms with E-state index in [1.54, 1.807) is 0 Å². The second kappa shape index (κ2) is 5.55. The van der Waals surface area contributed by atoms with Crippen LogP contribution in [0.2, 0.25) is 0 Å².